The van der Waals surface area contributed by atoms with Crippen molar-refractivity contribution >= 4 is 113 Å². The molecule has 0 aliphatic carbocycles. The Labute approximate surface area is 421 Å². The zero-order valence-electron chi connectivity index (χ0n) is 36.5. The first-order valence-corrected chi connectivity index (χ1v) is 24.9. The van der Waals surface area contributed by atoms with E-state index in [9.17, 15) is 0 Å². The Hall–Kier alpha value is -7.56. The number of halogens is 3. The monoisotopic (exact) mass is 1080 g/mol. The summed E-state index contributed by atoms with van der Waals surface area (Å²) in [5, 5.41) is 6.78. The van der Waals surface area contributed by atoms with E-state index in [-0.39, 0.29) is 0 Å². The summed E-state index contributed by atoms with van der Waals surface area (Å²) in [6.45, 7) is 0. The van der Waals surface area contributed by atoms with Crippen molar-refractivity contribution in [2.24, 2.45) is 0 Å². The molecule has 0 spiro atoms. The molecular weight excluding hydrogens is 1050 g/mol. The van der Waals surface area contributed by atoms with Crippen molar-refractivity contribution in [3.63, 3.8) is 0 Å². The lowest BCUT2D eigenvalue weighted by atomic mass is 10.0. The number of fused-ring (bicyclic) bond motifs is 12. The van der Waals surface area contributed by atoms with Crippen LogP contribution in [0.2, 0.25) is 0 Å². The topological polar surface area (TPSA) is 42.5 Å². The smallest absolute Gasteiger partial charge is 0.141 e. The largest absolute Gasteiger partial charge is 0.456 e. The van der Waals surface area contributed by atoms with Crippen LogP contribution in [0.3, 0.4) is 0 Å². The van der Waals surface area contributed by atoms with Crippen molar-refractivity contribution in [1.29, 1.82) is 0 Å². The fraction of sp³-hybridized carbons (Fsp3) is 0. The molecule has 6 nitrogen and oxygen atoms in total. The van der Waals surface area contributed by atoms with Crippen LogP contribution in [0.1, 0.15) is 0 Å². The first-order valence-electron chi connectivity index (χ1n) is 22.5. The quantitative estimate of drug-likeness (QED) is 0.145. The fourth-order valence-corrected chi connectivity index (χ4v) is 11.1. The van der Waals surface area contributed by atoms with Crippen LogP contribution in [0.25, 0.3) is 82.5 Å². The van der Waals surface area contributed by atoms with Gasteiger partial charge in [0.1, 0.15) is 34.5 Å². The third kappa shape index (κ3) is 6.94. The number of para-hydroxylation sites is 6. The van der Waals surface area contributed by atoms with Crippen LogP contribution in [0.4, 0.5) is 0 Å². The Bertz CT molecular complexity index is 3730. The second kappa shape index (κ2) is 16.9. The van der Waals surface area contributed by atoms with E-state index in [1.165, 1.54) is 0 Å². The van der Waals surface area contributed by atoms with Gasteiger partial charge in [-0.15, -0.1) is 0 Å². The van der Waals surface area contributed by atoms with E-state index in [4.69, 9.17) is 14.2 Å². The maximum absolute atomic E-state index is 6.60. The van der Waals surface area contributed by atoms with Crippen molar-refractivity contribution < 1.29 is 14.2 Å². The lowest BCUT2D eigenvalue weighted by molar-refractivity contribution is 0.479. The van der Waals surface area contributed by atoms with Gasteiger partial charge in [0.25, 0.3) is 0 Å². The van der Waals surface area contributed by atoms with E-state index in [0.717, 1.165) is 130 Å². The van der Waals surface area contributed by atoms with Gasteiger partial charge < -0.3 is 27.9 Å². The Kier molecular flexibility index (Phi) is 10.2. The minimum absolute atomic E-state index is 0.725. The van der Waals surface area contributed by atoms with Crippen LogP contribution in [0.15, 0.2) is 232 Å². The molecule has 13 rings (SSSR count). The Morgan fingerprint density at radius 3 is 0.855 bits per heavy atom. The number of hydrogen-bond donors (Lipinski definition) is 0. The maximum Gasteiger partial charge on any atom is 0.141 e. The van der Waals surface area contributed by atoms with Crippen LogP contribution >= 0.6 is 47.8 Å². The van der Waals surface area contributed by atoms with Crippen LogP contribution in [-0.4, -0.2) is 13.7 Å². The van der Waals surface area contributed by atoms with Gasteiger partial charge >= 0.3 is 0 Å². The van der Waals surface area contributed by atoms with Gasteiger partial charge in [-0.25, -0.2) is 0 Å². The first kappa shape index (κ1) is 41.6. The molecule has 0 N–H and O–H groups in total. The molecule has 3 aromatic heterocycles. The molecule has 0 amide bonds. The summed E-state index contributed by atoms with van der Waals surface area (Å²) >= 11 is 11.1. The molecule has 13 aromatic rings. The minimum atomic E-state index is 0.725. The summed E-state index contributed by atoms with van der Waals surface area (Å²) in [6.07, 6.45) is 0. The van der Waals surface area contributed by atoms with E-state index in [1.54, 1.807) is 0 Å². The zero-order valence-corrected chi connectivity index (χ0v) is 41.2. The molecule has 0 unspecified atom stereocenters. The molecule has 9 heteroatoms. The van der Waals surface area contributed by atoms with E-state index < -0.39 is 0 Å². The van der Waals surface area contributed by atoms with E-state index in [0.29, 0.717) is 0 Å². The minimum Gasteiger partial charge on any atom is -0.456 e. The molecule has 0 radical (unpaired) electrons. The van der Waals surface area contributed by atoms with Crippen LogP contribution in [-0.2, 0) is 0 Å². The number of aromatic nitrogens is 3. The van der Waals surface area contributed by atoms with Gasteiger partial charge in [-0.3, -0.25) is 0 Å². The average Bonchev–Trinajstić information content (AvgIpc) is 4.03. The Balaban J connectivity index is 1.19. The van der Waals surface area contributed by atoms with Crippen LogP contribution in [0.5, 0.6) is 34.5 Å². The summed E-state index contributed by atoms with van der Waals surface area (Å²) in [7, 11) is 0. The molecule has 0 saturated heterocycles. The van der Waals surface area contributed by atoms with Crippen molar-refractivity contribution in [3.05, 3.63) is 232 Å². The van der Waals surface area contributed by atoms with Crippen molar-refractivity contribution in [3.8, 4) is 51.6 Å². The third-order valence-corrected chi connectivity index (χ3v) is 14.7. The van der Waals surface area contributed by atoms with Crippen LogP contribution < -0.4 is 14.2 Å². The maximum atomic E-state index is 6.60. The molecule has 3 heterocycles. The van der Waals surface area contributed by atoms with Crippen LogP contribution in [0, 0.1) is 0 Å². The molecule has 0 fully saturated rings. The number of ether oxygens (including phenoxy) is 3. The summed E-state index contributed by atoms with van der Waals surface area (Å²) in [5.74, 6) is 4.40. The molecule has 330 valence electrons. The van der Waals surface area contributed by atoms with Crippen molar-refractivity contribution in [1.82, 2.24) is 13.7 Å². The summed E-state index contributed by atoms with van der Waals surface area (Å²) < 4.78 is 29.7. The summed E-state index contributed by atoms with van der Waals surface area (Å²) in [6, 6.07) is 75.4. The Morgan fingerprint density at radius 2 is 0.551 bits per heavy atom. The van der Waals surface area contributed by atoms with E-state index in [1.807, 2.05) is 91.0 Å². The normalized spacial score (nSPS) is 11.7. The number of hydrogen-bond acceptors (Lipinski definition) is 3. The molecule has 10 aromatic carbocycles. The second-order valence-electron chi connectivity index (χ2n) is 16.8. The molecule has 69 heavy (non-hydrogen) atoms. The predicted molar refractivity (Wildman–Crippen MR) is 292 cm³/mol. The summed E-state index contributed by atoms with van der Waals surface area (Å²) in [4.78, 5) is 0. The van der Waals surface area contributed by atoms with Gasteiger partial charge in [-0.1, -0.05) is 109 Å². The van der Waals surface area contributed by atoms with Gasteiger partial charge in [-0.2, -0.15) is 0 Å². The van der Waals surface area contributed by atoms with Gasteiger partial charge in [-0.05, 0) is 139 Å². The third-order valence-electron chi connectivity index (χ3n) is 12.8. The van der Waals surface area contributed by atoms with Gasteiger partial charge in [0.15, 0.2) is 0 Å². The van der Waals surface area contributed by atoms with Crippen molar-refractivity contribution in [2.75, 3.05) is 0 Å². The lowest BCUT2D eigenvalue weighted by Gasteiger charge is -2.15. The highest BCUT2D eigenvalue weighted by molar-refractivity contribution is 9.11. The number of rotatable bonds is 9. The lowest BCUT2D eigenvalue weighted by Crippen LogP contribution is -1.99. The molecule has 0 aliphatic rings. The highest BCUT2D eigenvalue weighted by atomic mass is 79.9. The fourth-order valence-electron chi connectivity index (χ4n) is 9.98. The molecule has 0 aliphatic heterocycles. The zero-order chi connectivity index (χ0) is 46.2. The molecule has 0 saturated carbocycles. The number of nitrogens with zero attached hydrogens (tertiary/aromatic N) is 3. The second-order valence-corrected chi connectivity index (χ2v) is 19.4. The summed E-state index contributed by atoms with van der Waals surface area (Å²) in [5.41, 5.74) is 9.37. The Morgan fingerprint density at radius 1 is 0.275 bits per heavy atom. The molecular formula is C60H36Br3N3O3. The average molecular weight is 1090 g/mol. The first-order chi connectivity index (χ1) is 34.0. The highest BCUT2D eigenvalue weighted by Gasteiger charge is 2.29. The SMILES string of the molecule is Brc1ccccc1Oc1cccc(-n2c3ccccc3c3c2c2c4ccccc4n(-c4cccc(Oc5ccccc5Br)c4)c2c2c4ccccc4n(-c4cccc(Oc5ccccc5Br)c4)c32)c1. The highest BCUT2D eigenvalue weighted by Crippen LogP contribution is 2.51. The van der Waals surface area contributed by atoms with Crippen molar-refractivity contribution in [2.45, 2.75) is 0 Å². The number of benzene rings is 10. The predicted octanol–water partition coefficient (Wildman–Crippen LogP) is 18.6. The van der Waals surface area contributed by atoms with Gasteiger partial charge in [0, 0.05) is 67.6 Å². The van der Waals surface area contributed by atoms with E-state index in [2.05, 4.69) is 189 Å². The standard InChI is InChI=1S/C60H36Br3N3O3/c61-46-25-4-10-31-52(46)67-40-19-13-16-37(34-40)64-49-28-7-1-22-43(49)55-58(64)56-45-24-3-9-30-51(45)66(39-18-15-21-42(36-39)69-54-33-12-6-27-48(54)63)60(56)57-44-23-2-8-29-50(44)65(59(55)57)38-17-14-20-41(35-38)68-53-32-11-5-26-47(53)62/h1-36H. The molecule has 0 atom stereocenters. The van der Waals surface area contributed by atoms with E-state index >= 15 is 0 Å². The molecule has 0 bridgehead atoms. The van der Waals surface area contributed by atoms with Gasteiger partial charge in [0.05, 0.1) is 46.5 Å². The van der Waals surface area contributed by atoms with Gasteiger partial charge in [0.2, 0.25) is 0 Å².